The Labute approximate surface area is 137 Å². The number of nitrogens with one attached hydrogen (secondary N) is 2. The second kappa shape index (κ2) is 6.02. The second-order valence-corrected chi connectivity index (χ2v) is 5.71. The lowest BCUT2D eigenvalue weighted by atomic mass is 10.1. The number of amidine groups is 1. The molecule has 1 aliphatic heterocycles. The average Bonchev–Trinajstić information content (AvgIpc) is 3.13. The second-order valence-electron chi connectivity index (χ2n) is 4.68. The molecule has 3 rings (SSSR count). The van der Waals surface area contributed by atoms with Crippen molar-refractivity contribution in [2.75, 3.05) is 6.54 Å². The zero-order valence-electron chi connectivity index (χ0n) is 12.0. The lowest BCUT2D eigenvalue weighted by Gasteiger charge is -2.15. The summed E-state index contributed by atoms with van der Waals surface area (Å²) in [6.07, 6.45) is 2.90. The molecule has 0 fully saturated rings. The molecule has 1 aliphatic rings. The van der Waals surface area contributed by atoms with Crippen molar-refractivity contribution >= 4 is 28.4 Å². The molecule has 0 amide bonds. The highest BCUT2D eigenvalue weighted by molar-refractivity contribution is 14.1. The van der Waals surface area contributed by atoms with Crippen molar-refractivity contribution < 1.29 is 0 Å². The summed E-state index contributed by atoms with van der Waals surface area (Å²) >= 11 is 2.31. The molecule has 2 heterocycles. The molecule has 1 aromatic heterocycles. The molecular formula is C14H17IN6. The Bertz CT molecular complexity index is 661. The van der Waals surface area contributed by atoms with Crippen LogP contribution < -0.4 is 11.1 Å². The normalized spacial score (nSPS) is 14.2. The largest absolute Gasteiger partial charge is 0.271 e. The summed E-state index contributed by atoms with van der Waals surface area (Å²) in [5.74, 6) is 0.860. The highest BCUT2D eigenvalue weighted by atomic mass is 127. The summed E-state index contributed by atoms with van der Waals surface area (Å²) in [6.45, 7) is 5.04. The Morgan fingerprint density at radius 3 is 2.62 bits per heavy atom. The van der Waals surface area contributed by atoms with Gasteiger partial charge in [-0.3, -0.25) is 5.01 Å². The van der Waals surface area contributed by atoms with E-state index >= 15 is 0 Å². The third-order valence-electron chi connectivity index (χ3n) is 3.46. The number of benzene rings is 1. The van der Waals surface area contributed by atoms with Crippen LogP contribution in [0.3, 0.4) is 0 Å². The number of hydrazone groups is 1. The van der Waals surface area contributed by atoms with Gasteiger partial charge in [-0.2, -0.15) is 5.10 Å². The number of aromatic nitrogens is 2. The van der Waals surface area contributed by atoms with Crippen molar-refractivity contribution in [1.29, 1.82) is 0 Å². The first-order valence-electron chi connectivity index (χ1n) is 6.93. The predicted molar refractivity (Wildman–Crippen MR) is 90.8 cm³/mol. The third kappa shape index (κ3) is 2.62. The monoisotopic (exact) mass is 396 g/mol. The average molecular weight is 396 g/mol. The van der Waals surface area contributed by atoms with Gasteiger partial charge in [0.2, 0.25) is 0 Å². The van der Waals surface area contributed by atoms with Gasteiger partial charge in [0.15, 0.2) is 5.84 Å². The summed E-state index contributed by atoms with van der Waals surface area (Å²) < 4.78 is 2.98. The maximum atomic E-state index is 4.50. The first-order valence-corrected chi connectivity index (χ1v) is 8.01. The van der Waals surface area contributed by atoms with E-state index in [2.05, 4.69) is 82.0 Å². The summed E-state index contributed by atoms with van der Waals surface area (Å²) in [4.78, 5) is 0. The Kier molecular flexibility index (Phi) is 4.11. The van der Waals surface area contributed by atoms with Crippen LogP contribution in [0.25, 0.3) is 5.69 Å². The van der Waals surface area contributed by atoms with Crippen LogP contribution in [0.5, 0.6) is 0 Å². The topological polar surface area (TPSA) is 57.5 Å². The molecular weight excluding hydrogens is 379 g/mol. The van der Waals surface area contributed by atoms with E-state index in [1.165, 1.54) is 5.56 Å². The lowest BCUT2D eigenvalue weighted by Crippen LogP contribution is -2.41. The van der Waals surface area contributed by atoms with Crippen LogP contribution in [0.4, 0.5) is 0 Å². The number of halogens is 1. The summed E-state index contributed by atoms with van der Waals surface area (Å²) in [5.41, 5.74) is 9.17. The molecule has 0 unspecified atom stereocenters. The van der Waals surface area contributed by atoms with Crippen molar-refractivity contribution in [2.24, 2.45) is 5.10 Å². The molecule has 0 spiro atoms. The third-order valence-corrected chi connectivity index (χ3v) is 4.50. The number of nitrogens with zero attached hydrogens (tertiary/aromatic N) is 4. The van der Waals surface area contributed by atoms with E-state index in [1.807, 2.05) is 15.9 Å². The van der Waals surface area contributed by atoms with Gasteiger partial charge in [-0.25, -0.2) is 10.2 Å². The summed E-state index contributed by atoms with van der Waals surface area (Å²) in [5, 5.41) is 10.7. The van der Waals surface area contributed by atoms with E-state index < -0.39 is 0 Å². The Hall–Kier alpha value is -1.61. The molecule has 0 atom stereocenters. The van der Waals surface area contributed by atoms with Gasteiger partial charge in [0.25, 0.3) is 0 Å². The minimum Gasteiger partial charge on any atom is -0.271 e. The van der Waals surface area contributed by atoms with Gasteiger partial charge in [-0.15, -0.1) is 10.6 Å². The Morgan fingerprint density at radius 2 is 1.95 bits per heavy atom. The van der Waals surface area contributed by atoms with E-state index in [9.17, 15) is 0 Å². The molecule has 110 valence electrons. The van der Waals surface area contributed by atoms with Crippen molar-refractivity contribution in [1.82, 2.24) is 25.9 Å². The lowest BCUT2D eigenvalue weighted by molar-refractivity contribution is 0.308. The van der Waals surface area contributed by atoms with Gasteiger partial charge in [-0.1, -0.05) is 19.1 Å². The molecule has 7 heteroatoms. The van der Waals surface area contributed by atoms with Crippen LogP contribution in [-0.2, 0) is 6.42 Å². The molecule has 0 bridgehead atoms. The highest BCUT2D eigenvalue weighted by Crippen LogP contribution is 2.20. The number of hydrazine groups is 2. The van der Waals surface area contributed by atoms with Crippen LogP contribution in [0.15, 0.2) is 35.6 Å². The smallest absolute Gasteiger partial charge is 0.177 e. The fourth-order valence-electron chi connectivity index (χ4n) is 2.22. The molecule has 0 saturated heterocycles. The van der Waals surface area contributed by atoms with Crippen molar-refractivity contribution in [3.05, 3.63) is 45.3 Å². The SMILES string of the molecule is CCc1ccc(-n2ncc(C3=NNNN3CC)c2I)cc1. The molecule has 6 nitrogen and oxygen atoms in total. The van der Waals surface area contributed by atoms with Crippen molar-refractivity contribution in [3.8, 4) is 5.69 Å². The number of aryl methyl sites for hydroxylation is 1. The highest BCUT2D eigenvalue weighted by Gasteiger charge is 2.22. The fraction of sp³-hybridized carbons (Fsp3) is 0.286. The number of hydrogen-bond acceptors (Lipinski definition) is 5. The Balaban J connectivity index is 1.95. The van der Waals surface area contributed by atoms with Gasteiger partial charge < -0.3 is 0 Å². The quantitative estimate of drug-likeness (QED) is 0.777. The van der Waals surface area contributed by atoms with E-state index in [0.717, 1.165) is 33.8 Å². The van der Waals surface area contributed by atoms with E-state index in [4.69, 9.17) is 0 Å². The van der Waals surface area contributed by atoms with Crippen LogP contribution in [-0.4, -0.2) is 27.2 Å². The van der Waals surface area contributed by atoms with E-state index in [-0.39, 0.29) is 0 Å². The van der Waals surface area contributed by atoms with E-state index in [1.54, 1.807) is 0 Å². The fourth-order valence-corrected chi connectivity index (χ4v) is 3.01. The molecule has 2 N–H and O–H groups in total. The number of hydrogen-bond donors (Lipinski definition) is 2. The zero-order valence-corrected chi connectivity index (χ0v) is 14.1. The molecule has 0 aliphatic carbocycles. The minimum absolute atomic E-state index is 0.818. The van der Waals surface area contributed by atoms with Gasteiger partial charge in [0.05, 0.1) is 17.4 Å². The summed E-state index contributed by atoms with van der Waals surface area (Å²) in [7, 11) is 0. The predicted octanol–water partition coefficient (Wildman–Crippen LogP) is 2.05. The summed E-state index contributed by atoms with van der Waals surface area (Å²) in [6, 6.07) is 8.48. The molecule has 0 saturated carbocycles. The molecule has 2 aromatic rings. The first-order chi connectivity index (χ1) is 10.2. The zero-order chi connectivity index (χ0) is 14.8. The van der Waals surface area contributed by atoms with Crippen molar-refractivity contribution in [2.45, 2.75) is 20.3 Å². The van der Waals surface area contributed by atoms with Crippen molar-refractivity contribution in [3.63, 3.8) is 0 Å². The van der Waals surface area contributed by atoms with Crippen LogP contribution in [0.1, 0.15) is 25.0 Å². The molecule has 21 heavy (non-hydrogen) atoms. The van der Waals surface area contributed by atoms with Gasteiger partial charge >= 0.3 is 0 Å². The van der Waals surface area contributed by atoms with Gasteiger partial charge in [-0.05, 0) is 53.6 Å². The molecule has 1 aromatic carbocycles. The first kappa shape index (κ1) is 14.3. The van der Waals surface area contributed by atoms with Crippen LogP contribution in [0.2, 0.25) is 0 Å². The maximum Gasteiger partial charge on any atom is 0.177 e. The Morgan fingerprint density at radius 1 is 1.19 bits per heavy atom. The minimum atomic E-state index is 0.818. The van der Waals surface area contributed by atoms with Crippen LogP contribution >= 0.6 is 22.6 Å². The van der Waals surface area contributed by atoms with Gasteiger partial charge in [0, 0.05) is 6.54 Å². The standard InChI is InChI=1S/C14H17IN6/c1-3-10-5-7-11(8-6-10)21-13(15)12(9-16-21)14-17-18-19-20(14)4-2/h5-9,18-19H,3-4H2,1-2H3. The van der Waals surface area contributed by atoms with Crippen LogP contribution in [0, 0.1) is 3.70 Å². The molecule has 0 radical (unpaired) electrons. The van der Waals surface area contributed by atoms with Gasteiger partial charge in [0.1, 0.15) is 3.70 Å². The van der Waals surface area contributed by atoms with E-state index in [0.29, 0.717) is 0 Å². The maximum absolute atomic E-state index is 4.50. The number of rotatable bonds is 4.